The van der Waals surface area contributed by atoms with Crippen molar-refractivity contribution in [2.75, 3.05) is 5.32 Å². The van der Waals surface area contributed by atoms with Crippen LogP contribution in [0.4, 0.5) is 5.69 Å². The van der Waals surface area contributed by atoms with E-state index in [1.807, 2.05) is 43.3 Å². The second-order valence-electron chi connectivity index (χ2n) is 6.03. The number of nitrogens with one attached hydrogen (secondary N) is 1. The molecule has 0 saturated heterocycles. The average Bonchev–Trinajstić information content (AvgIpc) is 2.55. The third kappa shape index (κ3) is 3.04. The van der Waals surface area contributed by atoms with Crippen LogP contribution in [0.5, 0.6) is 0 Å². The van der Waals surface area contributed by atoms with Gasteiger partial charge in [-0.1, -0.05) is 42.0 Å². The highest BCUT2D eigenvalue weighted by atomic mass is 16.2. The quantitative estimate of drug-likeness (QED) is 0.910. The largest absolute Gasteiger partial charge is 0.324 e. The van der Waals surface area contributed by atoms with E-state index < -0.39 is 6.04 Å². The maximum Gasteiger partial charge on any atom is 0.245 e. The highest BCUT2D eigenvalue weighted by Gasteiger charge is 2.19. The second kappa shape index (κ2) is 6.32. The smallest absolute Gasteiger partial charge is 0.245 e. The molecule has 1 aliphatic carbocycles. The topological polar surface area (TPSA) is 55.1 Å². The molecule has 3 rings (SSSR count). The summed E-state index contributed by atoms with van der Waals surface area (Å²) in [6.45, 7) is 2.02. The molecule has 0 saturated carbocycles. The van der Waals surface area contributed by atoms with Crippen molar-refractivity contribution in [3.63, 3.8) is 0 Å². The van der Waals surface area contributed by atoms with Crippen LogP contribution in [0.3, 0.4) is 0 Å². The molecule has 1 amide bonds. The van der Waals surface area contributed by atoms with Gasteiger partial charge in [-0.3, -0.25) is 4.79 Å². The van der Waals surface area contributed by atoms with E-state index in [4.69, 9.17) is 5.73 Å². The molecule has 1 unspecified atom stereocenters. The number of fused-ring (bicyclic) bond motifs is 1. The zero-order chi connectivity index (χ0) is 15.5. The molecule has 0 fully saturated rings. The van der Waals surface area contributed by atoms with Crippen molar-refractivity contribution in [3.05, 3.63) is 64.7 Å². The number of aryl methyl sites for hydroxylation is 2. The Bertz CT molecular complexity index is 676. The number of carbonyl (C=O) groups excluding carboxylic acids is 1. The lowest BCUT2D eigenvalue weighted by molar-refractivity contribution is -0.117. The molecule has 3 heteroatoms. The standard InChI is InChI=1S/C19H22N2O/c1-13-9-11-15(12-10-13)18(20)19(22)21-17-8-4-6-14-5-2-3-7-16(14)17/h4,6,8-12,18H,2-3,5,7,20H2,1H3,(H,21,22). The Balaban J connectivity index is 1.78. The fourth-order valence-corrected chi connectivity index (χ4v) is 3.03. The van der Waals surface area contributed by atoms with Crippen LogP contribution < -0.4 is 11.1 Å². The molecule has 2 aromatic carbocycles. The lowest BCUT2D eigenvalue weighted by atomic mass is 9.90. The van der Waals surface area contributed by atoms with E-state index in [-0.39, 0.29) is 5.91 Å². The molecule has 0 aliphatic heterocycles. The first-order valence-electron chi connectivity index (χ1n) is 7.89. The van der Waals surface area contributed by atoms with Gasteiger partial charge in [-0.2, -0.15) is 0 Å². The summed E-state index contributed by atoms with van der Waals surface area (Å²) in [7, 11) is 0. The Morgan fingerprint density at radius 1 is 1.09 bits per heavy atom. The first-order valence-corrected chi connectivity index (χ1v) is 7.89. The van der Waals surface area contributed by atoms with Crippen molar-refractivity contribution >= 4 is 11.6 Å². The summed E-state index contributed by atoms with van der Waals surface area (Å²) in [5.41, 5.74) is 11.7. The second-order valence-corrected chi connectivity index (χ2v) is 6.03. The van der Waals surface area contributed by atoms with Gasteiger partial charge in [0.25, 0.3) is 0 Å². The van der Waals surface area contributed by atoms with E-state index in [0.29, 0.717) is 0 Å². The van der Waals surface area contributed by atoms with E-state index in [0.717, 1.165) is 29.7 Å². The lowest BCUT2D eigenvalue weighted by Crippen LogP contribution is -2.28. The highest BCUT2D eigenvalue weighted by Crippen LogP contribution is 2.28. The molecule has 3 N–H and O–H groups in total. The van der Waals surface area contributed by atoms with Gasteiger partial charge in [-0.15, -0.1) is 0 Å². The molecule has 3 nitrogen and oxygen atoms in total. The van der Waals surface area contributed by atoms with Crippen LogP contribution in [0.25, 0.3) is 0 Å². The van der Waals surface area contributed by atoms with E-state index >= 15 is 0 Å². The zero-order valence-electron chi connectivity index (χ0n) is 12.9. The molecule has 1 aliphatic rings. The van der Waals surface area contributed by atoms with Crippen LogP contribution in [0.15, 0.2) is 42.5 Å². The predicted molar refractivity (Wildman–Crippen MR) is 89.8 cm³/mol. The molecule has 114 valence electrons. The molecular formula is C19H22N2O. The third-order valence-corrected chi connectivity index (χ3v) is 4.37. The summed E-state index contributed by atoms with van der Waals surface area (Å²) in [5, 5.41) is 3.02. The fourth-order valence-electron chi connectivity index (χ4n) is 3.03. The van der Waals surface area contributed by atoms with Crippen LogP contribution in [-0.4, -0.2) is 5.91 Å². The van der Waals surface area contributed by atoms with Crippen LogP contribution in [-0.2, 0) is 17.6 Å². The Morgan fingerprint density at radius 3 is 2.59 bits per heavy atom. The van der Waals surface area contributed by atoms with Gasteiger partial charge in [0.15, 0.2) is 0 Å². The highest BCUT2D eigenvalue weighted by molar-refractivity contribution is 5.96. The maximum atomic E-state index is 12.4. The van der Waals surface area contributed by atoms with Gasteiger partial charge in [0, 0.05) is 5.69 Å². The minimum absolute atomic E-state index is 0.150. The molecule has 1 atom stereocenters. The van der Waals surface area contributed by atoms with Crippen molar-refractivity contribution in [2.24, 2.45) is 5.73 Å². The van der Waals surface area contributed by atoms with Crippen LogP contribution in [0.2, 0.25) is 0 Å². The summed E-state index contributed by atoms with van der Waals surface area (Å²) in [4.78, 5) is 12.4. The molecule has 22 heavy (non-hydrogen) atoms. The first kappa shape index (κ1) is 14.8. The molecule has 0 radical (unpaired) electrons. The Hall–Kier alpha value is -2.13. The summed E-state index contributed by atoms with van der Waals surface area (Å²) in [6, 6.07) is 13.3. The molecule has 0 aromatic heterocycles. The molecule has 2 aromatic rings. The van der Waals surface area contributed by atoms with Gasteiger partial charge in [0.1, 0.15) is 6.04 Å². The number of hydrogen-bond donors (Lipinski definition) is 2. The van der Waals surface area contributed by atoms with Crippen molar-refractivity contribution in [3.8, 4) is 0 Å². The number of rotatable bonds is 3. The van der Waals surface area contributed by atoms with Gasteiger partial charge >= 0.3 is 0 Å². The van der Waals surface area contributed by atoms with E-state index in [1.54, 1.807) is 0 Å². The van der Waals surface area contributed by atoms with Crippen molar-refractivity contribution in [1.82, 2.24) is 0 Å². The number of carbonyl (C=O) groups is 1. The molecular weight excluding hydrogens is 272 g/mol. The third-order valence-electron chi connectivity index (χ3n) is 4.37. The zero-order valence-corrected chi connectivity index (χ0v) is 12.9. The van der Waals surface area contributed by atoms with Gasteiger partial charge in [-0.25, -0.2) is 0 Å². The molecule has 0 bridgehead atoms. The Labute approximate surface area is 131 Å². The molecule has 0 heterocycles. The van der Waals surface area contributed by atoms with E-state index in [9.17, 15) is 4.79 Å². The summed E-state index contributed by atoms with van der Waals surface area (Å²) < 4.78 is 0. The van der Waals surface area contributed by atoms with Gasteiger partial charge < -0.3 is 11.1 Å². The minimum atomic E-state index is -0.639. The van der Waals surface area contributed by atoms with E-state index in [2.05, 4.69) is 11.4 Å². The number of benzene rings is 2. The number of amides is 1. The summed E-state index contributed by atoms with van der Waals surface area (Å²) in [6.07, 6.45) is 4.55. The van der Waals surface area contributed by atoms with Gasteiger partial charge in [0.05, 0.1) is 0 Å². The van der Waals surface area contributed by atoms with Gasteiger partial charge in [-0.05, 0) is 55.4 Å². The molecule has 0 spiro atoms. The van der Waals surface area contributed by atoms with E-state index in [1.165, 1.54) is 24.0 Å². The van der Waals surface area contributed by atoms with Crippen molar-refractivity contribution in [2.45, 2.75) is 38.6 Å². The predicted octanol–water partition coefficient (Wildman–Crippen LogP) is 3.51. The van der Waals surface area contributed by atoms with Crippen molar-refractivity contribution in [1.29, 1.82) is 0 Å². The number of nitrogens with two attached hydrogens (primary N) is 1. The normalized spacial score (nSPS) is 15.0. The fraction of sp³-hybridized carbons (Fsp3) is 0.316. The SMILES string of the molecule is Cc1ccc(C(N)C(=O)Nc2cccc3c2CCCC3)cc1. The number of anilines is 1. The average molecular weight is 294 g/mol. The summed E-state index contributed by atoms with van der Waals surface area (Å²) in [5.74, 6) is -0.150. The maximum absolute atomic E-state index is 12.4. The summed E-state index contributed by atoms with van der Waals surface area (Å²) >= 11 is 0. The van der Waals surface area contributed by atoms with Gasteiger partial charge in [0.2, 0.25) is 5.91 Å². The van der Waals surface area contributed by atoms with Crippen LogP contribution in [0, 0.1) is 6.92 Å². The Morgan fingerprint density at radius 2 is 1.82 bits per heavy atom. The lowest BCUT2D eigenvalue weighted by Gasteiger charge is -2.21. The monoisotopic (exact) mass is 294 g/mol. The van der Waals surface area contributed by atoms with Crippen LogP contribution in [0.1, 0.15) is 41.1 Å². The minimum Gasteiger partial charge on any atom is -0.324 e. The van der Waals surface area contributed by atoms with Crippen molar-refractivity contribution < 1.29 is 4.79 Å². The van der Waals surface area contributed by atoms with Crippen LogP contribution >= 0.6 is 0 Å². The first-order chi connectivity index (χ1) is 10.6. The Kier molecular flexibility index (Phi) is 4.25. The number of hydrogen-bond acceptors (Lipinski definition) is 2.